The maximum absolute atomic E-state index is 13.8. The second-order valence-corrected chi connectivity index (χ2v) is 7.43. The molecule has 2 aromatic rings. The van der Waals surface area contributed by atoms with E-state index in [0.717, 1.165) is 22.8 Å². The van der Waals surface area contributed by atoms with Gasteiger partial charge in [0, 0.05) is 29.7 Å². The quantitative estimate of drug-likeness (QED) is 0.811. The third-order valence-corrected chi connectivity index (χ3v) is 5.37. The highest BCUT2D eigenvalue weighted by molar-refractivity contribution is 7.89. The molecular weight excluding hydrogens is 337 g/mol. The molecular formula is C12H13ClFN3O2S2. The number of aromatic nitrogens is 1. The van der Waals surface area contributed by atoms with E-state index >= 15 is 0 Å². The second kappa shape index (κ2) is 6.27. The number of thiazole rings is 1. The first-order chi connectivity index (χ1) is 9.79. The van der Waals surface area contributed by atoms with Crippen LogP contribution in [0.4, 0.5) is 10.1 Å². The number of hydrogen-bond donors (Lipinski definition) is 2. The molecule has 1 aromatic carbocycles. The molecule has 9 heteroatoms. The van der Waals surface area contributed by atoms with E-state index in [1.165, 1.54) is 11.3 Å². The highest BCUT2D eigenvalue weighted by Crippen LogP contribution is 2.25. The Morgan fingerprint density at radius 3 is 2.81 bits per heavy atom. The van der Waals surface area contributed by atoms with Crippen LogP contribution >= 0.6 is 22.9 Å². The Morgan fingerprint density at radius 2 is 2.19 bits per heavy atom. The number of hydrogen-bond acceptors (Lipinski definition) is 5. The first-order valence-electron chi connectivity index (χ1n) is 5.95. The van der Waals surface area contributed by atoms with Crippen LogP contribution < -0.4 is 10.5 Å². The number of nitrogens with zero attached hydrogens (tertiary/aromatic N) is 1. The molecule has 0 aliphatic carbocycles. The van der Waals surface area contributed by atoms with Gasteiger partial charge >= 0.3 is 0 Å². The van der Waals surface area contributed by atoms with E-state index in [4.69, 9.17) is 17.3 Å². The van der Waals surface area contributed by atoms with Crippen molar-refractivity contribution in [3.8, 4) is 0 Å². The van der Waals surface area contributed by atoms with Crippen molar-refractivity contribution in [1.82, 2.24) is 9.71 Å². The summed E-state index contributed by atoms with van der Waals surface area (Å²) in [7, 11) is -4.01. The van der Waals surface area contributed by atoms with Gasteiger partial charge in [0.1, 0.15) is 4.90 Å². The van der Waals surface area contributed by atoms with Gasteiger partial charge in [-0.05, 0) is 19.1 Å². The van der Waals surface area contributed by atoms with Gasteiger partial charge in [0.25, 0.3) is 0 Å². The molecule has 0 spiro atoms. The van der Waals surface area contributed by atoms with Gasteiger partial charge in [-0.1, -0.05) is 11.6 Å². The van der Waals surface area contributed by atoms with E-state index in [0.29, 0.717) is 6.42 Å². The molecule has 1 heterocycles. The zero-order valence-electron chi connectivity index (χ0n) is 11.1. The van der Waals surface area contributed by atoms with Crippen LogP contribution in [-0.2, 0) is 16.4 Å². The summed E-state index contributed by atoms with van der Waals surface area (Å²) >= 11 is 7.05. The summed E-state index contributed by atoms with van der Waals surface area (Å²) in [6.07, 6.45) is 0.426. The maximum Gasteiger partial charge on any atom is 0.243 e. The molecule has 0 unspecified atom stereocenters. The minimum atomic E-state index is -4.01. The predicted molar refractivity (Wildman–Crippen MR) is 81.6 cm³/mol. The Morgan fingerprint density at radius 1 is 1.48 bits per heavy atom. The molecule has 0 aliphatic rings. The fraction of sp³-hybridized carbons (Fsp3) is 0.250. The van der Waals surface area contributed by atoms with Gasteiger partial charge in [-0.15, -0.1) is 11.3 Å². The topological polar surface area (TPSA) is 85.1 Å². The molecule has 0 amide bonds. The average molecular weight is 350 g/mol. The average Bonchev–Trinajstić information content (AvgIpc) is 2.79. The number of anilines is 1. The molecule has 114 valence electrons. The van der Waals surface area contributed by atoms with Crippen LogP contribution in [0.25, 0.3) is 0 Å². The van der Waals surface area contributed by atoms with E-state index in [9.17, 15) is 12.8 Å². The largest absolute Gasteiger partial charge is 0.399 e. The number of rotatable bonds is 5. The van der Waals surface area contributed by atoms with Gasteiger partial charge in [-0.3, -0.25) is 0 Å². The Balaban J connectivity index is 2.12. The zero-order valence-corrected chi connectivity index (χ0v) is 13.4. The molecule has 3 N–H and O–H groups in total. The fourth-order valence-corrected chi connectivity index (χ4v) is 3.89. The first-order valence-corrected chi connectivity index (χ1v) is 8.69. The summed E-state index contributed by atoms with van der Waals surface area (Å²) in [4.78, 5) is 3.66. The lowest BCUT2D eigenvalue weighted by Crippen LogP contribution is -2.27. The fourth-order valence-electron chi connectivity index (χ4n) is 1.67. The molecule has 21 heavy (non-hydrogen) atoms. The minimum Gasteiger partial charge on any atom is -0.399 e. The zero-order chi connectivity index (χ0) is 15.6. The summed E-state index contributed by atoms with van der Waals surface area (Å²) < 4.78 is 40.3. The van der Waals surface area contributed by atoms with Crippen molar-refractivity contribution in [2.75, 3.05) is 12.3 Å². The van der Waals surface area contributed by atoms with Crippen molar-refractivity contribution in [3.63, 3.8) is 0 Å². The highest BCUT2D eigenvalue weighted by atomic mass is 35.5. The van der Waals surface area contributed by atoms with Crippen LogP contribution in [0.5, 0.6) is 0 Å². The maximum atomic E-state index is 13.8. The number of nitrogens with one attached hydrogen (secondary N) is 1. The van der Waals surface area contributed by atoms with Gasteiger partial charge in [-0.25, -0.2) is 22.5 Å². The standard InChI is InChI=1S/C12H13ClFN3O2S2/c1-7-6-20-11(17-7)2-3-16-21(18,19)10-5-8(15)4-9(13)12(10)14/h4-6,16H,2-3,15H2,1H3. The Kier molecular flexibility index (Phi) is 4.82. The number of nitrogen functional groups attached to an aromatic ring is 1. The normalized spacial score (nSPS) is 11.8. The molecule has 0 atom stereocenters. The Hall–Kier alpha value is -1.22. The van der Waals surface area contributed by atoms with Crippen LogP contribution in [0.1, 0.15) is 10.7 Å². The summed E-state index contributed by atoms with van der Waals surface area (Å²) in [6, 6.07) is 2.20. The lowest BCUT2D eigenvalue weighted by atomic mass is 10.3. The van der Waals surface area contributed by atoms with E-state index in [1.54, 1.807) is 0 Å². The predicted octanol–water partition coefficient (Wildman–Crippen LogP) is 2.35. The van der Waals surface area contributed by atoms with Crippen LogP contribution in [0, 0.1) is 12.7 Å². The third-order valence-electron chi connectivity index (χ3n) is 2.60. The summed E-state index contributed by atoms with van der Waals surface area (Å²) in [6.45, 7) is 1.97. The summed E-state index contributed by atoms with van der Waals surface area (Å²) in [5, 5.41) is 2.36. The number of aryl methyl sites for hydroxylation is 1. The van der Waals surface area contributed by atoms with Gasteiger partial charge in [0.2, 0.25) is 10.0 Å². The van der Waals surface area contributed by atoms with E-state index in [1.807, 2.05) is 12.3 Å². The lowest BCUT2D eigenvalue weighted by molar-refractivity contribution is 0.557. The number of sulfonamides is 1. The molecule has 2 rings (SSSR count). The molecule has 5 nitrogen and oxygen atoms in total. The SMILES string of the molecule is Cc1csc(CCNS(=O)(=O)c2cc(N)cc(Cl)c2F)n1. The monoisotopic (exact) mass is 349 g/mol. The smallest absolute Gasteiger partial charge is 0.243 e. The van der Waals surface area contributed by atoms with Crippen LogP contribution in [-0.4, -0.2) is 19.9 Å². The van der Waals surface area contributed by atoms with E-state index in [-0.39, 0.29) is 17.3 Å². The van der Waals surface area contributed by atoms with Crippen molar-refractivity contribution in [2.45, 2.75) is 18.2 Å². The van der Waals surface area contributed by atoms with Gasteiger partial charge < -0.3 is 5.73 Å². The molecule has 0 fully saturated rings. The molecule has 0 bridgehead atoms. The van der Waals surface area contributed by atoms with Crippen LogP contribution in [0.2, 0.25) is 5.02 Å². The van der Waals surface area contributed by atoms with E-state index in [2.05, 4.69) is 9.71 Å². The molecule has 0 aliphatic heterocycles. The third kappa shape index (κ3) is 3.91. The number of benzene rings is 1. The first kappa shape index (κ1) is 16.2. The van der Waals surface area contributed by atoms with Gasteiger partial charge in [0.05, 0.1) is 10.0 Å². The van der Waals surface area contributed by atoms with Crippen LogP contribution in [0.3, 0.4) is 0 Å². The van der Waals surface area contributed by atoms with E-state index < -0.39 is 20.7 Å². The highest BCUT2D eigenvalue weighted by Gasteiger charge is 2.21. The van der Waals surface area contributed by atoms with Gasteiger partial charge in [0.15, 0.2) is 5.82 Å². The molecule has 0 radical (unpaired) electrons. The van der Waals surface area contributed by atoms with Crippen molar-refractivity contribution in [2.24, 2.45) is 0 Å². The molecule has 0 saturated carbocycles. The van der Waals surface area contributed by atoms with Gasteiger partial charge in [-0.2, -0.15) is 0 Å². The lowest BCUT2D eigenvalue weighted by Gasteiger charge is -2.09. The summed E-state index contributed by atoms with van der Waals surface area (Å²) in [5.74, 6) is -1.01. The van der Waals surface area contributed by atoms with Crippen molar-refractivity contribution >= 4 is 38.6 Å². The van der Waals surface area contributed by atoms with Crippen LogP contribution in [0.15, 0.2) is 22.4 Å². The Bertz CT molecular complexity index is 762. The molecule has 0 saturated heterocycles. The number of nitrogens with two attached hydrogens (primary N) is 1. The minimum absolute atomic E-state index is 0.0809. The second-order valence-electron chi connectivity index (χ2n) is 4.35. The number of halogens is 2. The molecule has 1 aromatic heterocycles. The van der Waals surface area contributed by atoms with Crippen molar-refractivity contribution in [3.05, 3.63) is 39.1 Å². The Labute approximate surface area is 131 Å². The van der Waals surface area contributed by atoms with Crippen molar-refractivity contribution in [1.29, 1.82) is 0 Å². The summed E-state index contributed by atoms with van der Waals surface area (Å²) in [5.41, 5.74) is 6.46. The van der Waals surface area contributed by atoms with Crippen molar-refractivity contribution < 1.29 is 12.8 Å².